The number of nitrogens with zero attached hydrogens (tertiary/aromatic N) is 2. The zero-order chi connectivity index (χ0) is 24.8. The number of hydrogen-bond acceptors (Lipinski definition) is 6. The van der Waals surface area contributed by atoms with E-state index in [-0.39, 0.29) is 23.5 Å². The Bertz CT molecular complexity index is 1190. The number of amidine groups is 1. The molecule has 2 N–H and O–H groups in total. The lowest BCUT2D eigenvalue weighted by Crippen LogP contribution is -2.37. The molecule has 0 spiro atoms. The SMILES string of the molecule is O=C=C1c2ccccc2N=C(SCC(=O)NCc2ccccc2Cl)N1CC1CCC(C(=O)O)CC1. The van der Waals surface area contributed by atoms with Gasteiger partial charge in [-0.1, -0.05) is 53.7 Å². The number of aliphatic imine (C=N–C) groups is 1. The van der Waals surface area contributed by atoms with Gasteiger partial charge in [-0.25, -0.2) is 9.79 Å². The molecule has 0 unspecified atom stereocenters. The zero-order valence-electron chi connectivity index (χ0n) is 19.1. The standard InChI is InChI=1S/C26H26ClN3O4S/c27-21-7-3-1-5-19(21)13-28-24(32)16-35-26-29-22-8-4-2-6-20(22)23(15-31)30(26)14-17-9-11-18(12-10-17)25(33)34/h1-8,17-18H,9-14,16H2,(H,28,32)(H,33,34). The Hall–Kier alpha value is -3.06. The van der Waals surface area contributed by atoms with Crippen molar-refractivity contribution in [2.45, 2.75) is 32.2 Å². The van der Waals surface area contributed by atoms with Crippen LogP contribution in [0.3, 0.4) is 0 Å². The van der Waals surface area contributed by atoms with E-state index in [0.717, 1.165) is 18.4 Å². The Balaban J connectivity index is 1.46. The van der Waals surface area contributed by atoms with E-state index in [1.54, 1.807) is 6.07 Å². The van der Waals surface area contributed by atoms with Crippen LogP contribution >= 0.6 is 23.4 Å². The fourth-order valence-electron chi connectivity index (χ4n) is 4.43. The van der Waals surface area contributed by atoms with Gasteiger partial charge in [0.25, 0.3) is 0 Å². The first kappa shape index (κ1) is 25.0. The lowest BCUT2D eigenvalue weighted by atomic mass is 9.81. The first-order valence-electron chi connectivity index (χ1n) is 11.5. The van der Waals surface area contributed by atoms with Crippen LogP contribution in [-0.2, 0) is 20.9 Å². The molecule has 0 atom stereocenters. The van der Waals surface area contributed by atoms with Gasteiger partial charge in [0.1, 0.15) is 5.70 Å². The predicted molar refractivity (Wildman–Crippen MR) is 138 cm³/mol. The molecule has 1 aliphatic carbocycles. The number of amides is 1. The van der Waals surface area contributed by atoms with Crippen LogP contribution in [0.2, 0.25) is 5.02 Å². The van der Waals surface area contributed by atoms with Crippen LogP contribution in [0.25, 0.3) is 5.70 Å². The Morgan fingerprint density at radius 3 is 2.54 bits per heavy atom. The minimum atomic E-state index is -0.746. The number of carboxylic acids is 1. The maximum Gasteiger partial charge on any atom is 0.306 e. The van der Waals surface area contributed by atoms with Crippen molar-refractivity contribution in [2.24, 2.45) is 16.8 Å². The number of nitrogens with one attached hydrogen (secondary N) is 1. The minimum absolute atomic E-state index is 0.125. The monoisotopic (exact) mass is 511 g/mol. The topological polar surface area (TPSA) is 99.1 Å². The van der Waals surface area contributed by atoms with Crippen LogP contribution < -0.4 is 5.32 Å². The lowest BCUT2D eigenvalue weighted by molar-refractivity contribution is -0.143. The highest BCUT2D eigenvalue weighted by Gasteiger charge is 2.32. The Kier molecular flexibility index (Phi) is 8.29. The summed E-state index contributed by atoms with van der Waals surface area (Å²) < 4.78 is 0. The molecule has 1 heterocycles. The van der Waals surface area contributed by atoms with E-state index in [2.05, 4.69) is 11.3 Å². The Labute approximate surface area is 213 Å². The van der Waals surface area contributed by atoms with Crippen molar-refractivity contribution in [3.05, 3.63) is 64.7 Å². The summed E-state index contributed by atoms with van der Waals surface area (Å²) in [4.78, 5) is 42.5. The highest BCUT2D eigenvalue weighted by Crippen LogP contribution is 2.38. The quantitative estimate of drug-likeness (QED) is 0.520. The van der Waals surface area contributed by atoms with Crippen LogP contribution in [0.4, 0.5) is 5.69 Å². The summed E-state index contributed by atoms with van der Waals surface area (Å²) in [5, 5.41) is 13.3. The smallest absolute Gasteiger partial charge is 0.306 e. The van der Waals surface area contributed by atoms with Crippen molar-refractivity contribution in [2.75, 3.05) is 12.3 Å². The third-order valence-electron chi connectivity index (χ3n) is 6.38. The number of hydrogen-bond donors (Lipinski definition) is 2. The van der Waals surface area contributed by atoms with Crippen LogP contribution in [-0.4, -0.2) is 45.3 Å². The van der Waals surface area contributed by atoms with Gasteiger partial charge >= 0.3 is 5.97 Å². The molecule has 2 aromatic rings. The van der Waals surface area contributed by atoms with Gasteiger partial charge in [-0.05, 0) is 55.4 Å². The molecule has 0 aromatic heterocycles. The van der Waals surface area contributed by atoms with Gasteiger partial charge in [0, 0.05) is 23.7 Å². The van der Waals surface area contributed by atoms with Gasteiger partial charge in [0.2, 0.25) is 5.91 Å². The molecule has 1 saturated carbocycles. The predicted octanol–water partition coefficient (Wildman–Crippen LogP) is 4.76. The number of fused-ring (bicyclic) bond motifs is 1. The highest BCUT2D eigenvalue weighted by atomic mass is 35.5. The molecule has 2 aliphatic rings. The van der Waals surface area contributed by atoms with E-state index in [9.17, 15) is 19.5 Å². The molecular weight excluding hydrogens is 486 g/mol. The maximum absolute atomic E-state index is 12.6. The van der Waals surface area contributed by atoms with Crippen molar-refractivity contribution < 1.29 is 19.5 Å². The van der Waals surface area contributed by atoms with E-state index >= 15 is 0 Å². The second-order valence-electron chi connectivity index (χ2n) is 8.69. The largest absolute Gasteiger partial charge is 0.481 e. The summed E-state index contributed by atoms with van der Waals surface area (Å²) in [5.41, 5.74) is 2.60. The Morgan fingerprint density at radius 2 is 1.83 bits per heavy atom. The fourth-order valence-corrected chi connectivity index (χ4v) is 5.48. The number of carbonyl (C=O) groups is 2. The zero-order valence-corrected chi connectivity index (χ0v) is 20.6. The number of halogens is 1. The highest BCUT2D eigenvalue weighted by molar-refractivity contribution is 8.14. The van der Waals surface area contributed by atoms with Gasteiger partial charge in [0.15, 0.2) is 11.1 Å². The summed E-state index contributed by atoms with van der Waals surface area (Å²) in [6, 6.07) is 14.7. The van der Waals surface area contributed by atoms with E-state index in [1.807, 2.05) is 47.4 Å². The minimum Gasteiger partial charge on any atom is -0.481 e. The molecule has 1 aliphatic heterocycles. The second kappa shape index (κ2) is 11.6. The number of thioether (sulfide) groups is 1. The number of benzene rings is 2. The molecule has 1 amide bonds. The average Bonchev–Trinajstić information content (AvgIpc) is 2.87. The normalized spacial score (nSPS) is 19.4. The Morgan fingerprint density at radius 1 is 1.11 bits per heavy atom. The first-order valence-corrected chi connectivity index (χ1v) is 12.9. The van der Waals surface area contributed by atoms with Gasteiger partial charge < -0.3 is 15.3 Å². The number of para-hydroxylation sites is 1. The summed E-state index contributed by atoms with van der Waals surface area (Å²) in [6.45, 7) is 0.850. The fraction of sp³-hybridized carbons (Fsp3) is 0.346. The second-order valence-corrected chi connectivity index (χ2v) is 10.0. The number of carboxylic acid groups (broad SMARTS) is 1. The summed E-state index contributed by atoms with van der Waals surface area (Å²) in [7, 11) is 0. The van der Waals surface area contributed by atoms with Crippen LogP contribution in [0.1, 0.15) is 36.8 Å². The van der Waals surface area contributed by atoms with E-state index < -0.39 is 5.97 Å². The van der Waals surface area contributed by atoms with Gasteiger partial charge in [-0.2, -0.15) is 0 Å². The molecule has 0 bridgehead atoms. The van der Waals surface area contributed by atoms with Crippen molar-refractivity contribution in [3.8, 4) is 0 Å². The molecule has 2 aromatic carbocycles. The van der Waals surface area contributed by atoms with Crippen molar-refractivity contribution >= 4 is 57.7 Å². The van der Waals surface area contributed by atoms with E-state index in [0.29, 0.717) is 53.1 Å². The van der Waals surface area contributed by atoms with Gasteiger partial charge in [0.05, 0.1) is 17.4 Å². The molecule has 7 nitrogen and oxygen atoms in total. The average molecular weight is 512 g/mol. The molecule has 4 rings (SSSR count). The molecule has 9 heteroatoms. The first-order chi connectivity index (χ1) is 17.0. The maximum atomic E-state index is 12.6. The summed E-state index contributed by atoms with van der Waals surface area (Å²) >= 11 is 7.44. The van der Waals surface area contributed by atoms with E-state index in [4.69, 9.17) is 16.6 Å². The molecular formula is C26H26ClN3O4S. The number of carbonyl (C=O) groups excluding carboxylic acids is 2. The third-order valence-corrected chi connectivity index (χ3v) is 7.72. The molecule has 182 valence electrons. The third kappa shape index (κ3) is 6.14. The number of aliphatic carboxylic acids is 1. The summed E-state index contributed by atoms with van der Waals surface area (Å²) in [6.07, 6.45) is 2.76. The molecule has 0 radical (unpaired) electrons. The van der Waals surface area contributed by atoms with Crippen LogP contribution in [0.15, 0.2) is 53.5 Å². The lowest BCUT2D eigenvalue weighted by Gasteiger charge is -2.35. The van der Waals surface area contributed by atoms with Crippen LogP contribution in [0.5, 0.6) is 0 Å². The van der Waals surface area contributed by atoms with Crippen LogP contribution in [0, 0.1) is 11.8 Å². The van der Waals surface area contributed by atoms with Crippen molar-refractivity contribution in [3.63, 3.8) is 0 Å². The van der Waals surface area contributed by atoms with E-state index in [1.165, 1.54) is 11.8 Å². The van der Waals surface area contributed by atoms with Crippen molar-refractivity contribution in [1.29, 1.82) is 0 Å². The molecule has 35 heavy (non-hydrogen) atoms. The number of rotatable bonds is 7. The molecule has 0 saturated heterocycles. The van der Waals surface area contributed by atoms with Gasteiger partial charge in [-0.15, -0.1) is 0 Å². The van der Waals surface area contributed by atoms with Crippen molar-refractivity contribution in [1.82, 2.24) is 10.2 Å². The van der Waals surface area contributed by atoms with Gasteiger partial charge in [-0.3, -0.25) is 9.59 Å². The summed E-state index contributed by atoms with van der Waals surface area (Å²) in [5.74, 6) is 1.21. The molecule has 1 fully saturated rings.